The Morgan fingerprint density at radius 3 is 2.42 bits per heavy atom. The molecule has 1 rings (SSSR count). The fourth-order valence-corrected chi connectivity index (χ4v) is 1.54. The average molecular weight is 274 g/mol. The highest BCUT2D eigenvalue weighted by Crippen LogP contribution is 2.35. The Balaban J connectivity index is 3.01. The van der Waals surface area contributed by atoms with Crippen LogP contribution in [0.25, 0.3) is 0 Å². The number of halogens is 3. The van der Waals surface area contributed by atoms with Crippen molar-refractivity contribution in [2.24, 2.45) is 5.92 Å². The van der Waals surface area contributed by atoms with Crippen LogP contribution in [0.4, 0.5) is 18.9 Å². The van der Waals surface area contributed by atoms with Crippen LogP contribution in [0.3, 0.4) is 0 Å². The lowest BCUT2D eigenvalue weighted by molar-refractivity contribution is -0.136. The summed E-state index contributed by atoms with van der Waals surface area (Å²) in [6.45, 7) is 4.24. The zero-order valence-corrected chi connectivity index (χ0v) is 11.1. The fraction of sp³-hybridized carbons (Fsp3) is 0.462. The largest absolute Gasteiger partial charge is 0.418 e. The summed E-state index contributed by atoms with van der Waals surface area (Å²) in [6, 6.07) is 3.49. The molecule has 0 aliphatic carbocycles. The van der Waals surface area contributed by atoms with E-state index in [2.05, 4.69) is 10.6 Å². The molecule has 1 aromatic carbocycles. The topological polar surface area (TPSA) is 41.1 Å². The molecule has 0 atom stereocenters. The van der Waals surface area contributed by atoms with Gasteiger partial charge in [-0.3, -0.25) is 4.79 Å². The predicted molar refractivity (Wildman–Crippen MR) is 68.2 cm³/mol. The monoisotopic (exact) mass is 274 g/mol. The number of amides is 1. The van der Waals surface area contributed by atoms with Crippen molar-refractivity contribution >= 4 is 11.6 Å². The van der Waals surface area contributed by atoms with Gasteiger partial charge in [-0.15, -0.1) is 0 Å². The van der Waals surface area contributed by atoms with Crippen LogP contribution >= 0.6 is 0 Å². The van der Waals surface area contributed by atoms with Crippen molar-refractivity contribution in [1.29, 1.82) is 0 Å². The van der Waals surface area contributed by atoms with E-state index in [1.807, 2.05) is 13.8 Å². The minimum absolute atomic E-state index is 0.00646. The molecule has 106 valence electrons. The first-order chi connectivity index (χ1) is 8.75. The van der Waals surface area contributed by atoms with Crippen LogP contribution < -0.4 is 10.6 Å². The van der Waals surface area contributed by atoms with Crippen molar-refractivity contribution in [3.05, 3.63) is 29.3 Å². The van der Waals surface area contributed by atoms with Crippen LogP contribution in [0, 0.1) is 5.92 Å². The Labute approximate surface area is 110 Å². The summed E-state index contributed by atoms with van der Waals surface area (Å²) in [4.78, 5) is 11.7. The molecule has 2 N–H and O–H groups in total. The number of anilines is 1. The van der Waals surface area contributed by atoms with E-state index in [9.17, 15) is 18.0 Å². The van der Waals surface area contributed by atoms with E-state index in [4.69, 9.17) is 0 Å². The van der Waals surface area contributed by atoms with Crippen LogP contribution in [-0.2, 0) is 6.18 Å². The SMILES string of the molecule is CNc1ccc(C(=O)NCC(C)C)cc1C(F)(F)F. The van der Waals surface area contributed by atoms with E-state index in [1.165, 1.54) is 19.2 Å². The van der Waals surface area contributed by atoms with Crippen molar-refractivity contribution < 1.29 is 18.0 Å². The zero-order chi connectivity index (χ0) is 14.6. The van der Waals surface area contributed by atoms with Gasteiger partial charge >= 0.3 is 6.18 Å². The number of rotatable bonds is 4. The maximum Gasteiger partial charge on any atom is 0.418 e. The number of carbonyl (C=O) groups is 1. The van der Waals surface area contributed by atoms with Crippen molar-refractivity contribution in [3.63, 3.8) is 0 Å². The number of nitrogens with one attached hydrogen (secondary N) is 2. The predicted octanol–water partition coefficient (Wildman–Crippen LogP) is 3.13. The second kappa shape index (κ2) is 5.95. The second-order valence-corrected chi connectivity index (χ2v) is 4.61. The van der Waals surface area contributed by atoms with Gasteiger partial charge in [0, 0.05) is 24.8 Å². The standard InChI is InChI=1S/C13H17F3N2O/c1-8(2)7-18-12(19)9-4-5-11(17-3)10(6-9)13(14,15)16/h4-6,8,17H,7H2,1-3H3,(H,18,19). The summed E-state index contributed by atoms with van der Waals surface area (Å²) in [6.07, 6.45) is -4.49. The molecular weight excluding hydrogens is 257 g/mol. The smallest absolute Gasteiger partial charge is 0.388 e. The molecule has 0 saturated carbocycles. The molecule has 1 amide bonds. The number of carbonyl (C=O) groups excluding carboxylic acids is 1. The van der Waals surface area contributed by atoms with Crippen molar-refractivity contribution in [3.8, 4) is 0 Å². The van der Waals surface area contributed by atoms with E-state index >= 15 is 0 Å². The van der Waals surface area contributed by atoms with Gasteiger partial charge in [0.1, 0.15) is 0 Å². The summed E-state index contributed by atoms with van der Waals surface area (Å²) in [5.41, 5.74) is -0.882. The number of hydrogen-bond acceptors (Lipinski definition) is 2. The first-order valence-corrected chi connectivity index (χ1v) is 5.93. The summed E-state index contributed by atoms with van der Waals surface area (Å²) >= 11 is 0. The van der Waals surface area contributed by atoms with Crippen LogP contribution in [0.2, 0.25) is 0 Å². The van der Waals surface area contributed by atoms with Gasteiger partial charge in [-0.2, -0.15) is 13.2 Å². The molecule has 0 spiro atoms. The number of hydrogen-bond donors (Lipinski definition) is 2. The molecule has 0 aliphatic heterocycles. The van der Waals surface area contributed by atoms with Crippen LogP contribution in [-0.4, -0.2) is 19.5 Å². The first-order valence-electron chi connectivity index (χ1n) is 5.93. The molecule has 0 heterocycles. The van der Waals surface area contributed by atoms with Gasteiger partial charge in [0.2, 0.25) is 0 Å². The lowest BCUT2D eigenvalue weighted by Gasteiger charge is -2.14. The lowest BCUT2D eigenvalue weighted by atomic mass is 10.1. The molecule has 6 heteroatoms. The Morgan fingerprint density at radius 1 is 1.32 bits per heavy atom. The molecule has 1 aromatic rings. The molecule has 19 heavy (non-hydrogen) atoms. The molecule has 3 nitrogen and oxygen atoms in total. The third kappa shape index (κ3) is 4.15. The minimum Gasteiger partial charge on any atom is -0.388 e. The quantitative estimate of drug-likeness (QED) is 0.885. The number of benzene rings is 1. The van der Waals surface area contributed by atoms with Crippen molar-refractivity contribution in [1.82, 2.24) is 5.32 Å². The number of alkyl halides is 3. The fourth-order valence-electron chi connectivity index (χ4n) is 1.54. The lowest BCUT2D eigenvalue weighted by Crippen LogP contribution is -2.27. The van der Waals surface area contributed by atoms with Crippen molar-refractivity contribution in [2.75, 3.05) is 18.9 Å². The Morgan fingerprint density at radius 2 is 1.95 bits per heavy atom. The van der Waals surface area contributed by atoms with Crippen molar-refractivity contribution in [2.45, 2.75) is 20.0 Å². The van der Waals surface area contributed by atoms with Gasteiger partial charge in [0.15, 0.2) is 0 Å². The Hall–Kier alpha value is -1.72. The maximum atomic E-state index is 12.8. The van der Waals surface area contributed by atoms with E-state index in [0.29, 0.717) is 6.54 Å². The summed E-state index contributed by atoms with van der Waals surface area (Å²) in [7, 11) is 1.41. The zero-order valence-electron chi connectivity index (χ0n) is 11.1. The third-order valence-electron chi connectivity index (χ3n) is 2.53. The molecule has 0 bridgehead atoms. The van der Waals surface area contributed by atoms with Gasteiger partial charge in [-0.05, 0) is 24.1 Å². The molecule has 0 radical (unpaired) electrons. The van der Waals surface area contributed by atoms with E-state index in [1.54, 1.807) is 0 Å². The van der Waals surface area contributed by atoms with Crippen LogP contribution in [0.15, 0.2) is 18.2 Å². The van der Waals surface area contributed by atoms with Crippen LogP contribution in [0.1, 0.15) is 29.8 Å². The molecule has 0 aliphatic rings. The van der Waals surface area contributed by atoms with Crippen LogP contribution in [0.5, 0.6) is 0 Å². The molecule has 0 fully saturated rings. The normalized spacial score (nSPS) is 11.5. The van der Waals surface area contributed by atoms with Gasteiger partial charge in [0.05, 0.1) is 5.56 Å². The van der Waals surface area contributed by atoms with E-state index < -0.39 is 17.6 Å². The molecule has 0 unspecified atom stereocenters. The minimum atomic E-state index is -4.49. The van der Waals surface area contributed by atoms with Gasteiger partial charge in [0.25, 0.3) is 5.91 Å². The summed E-state index contributed by atoms with van der Waals surface area (Å²) < 4.78 is 38.5. The van der Waals surface area contributed by atoms with Gasteiger partial charge in [-0.25, -0.2) is 0 Å². The molecule has 0 aromatic heterocycles. The molecular formula is C13H17F3N2O. The van der Waals surface area contributed by atoms with E-state index in [0.717, 1.165) is 6.07 Å². The highest BCUT2D eigenvalue weighted by Gasteiger charge is 2.34. The Bertz CT molecular complexity index is 456. The highest BCUT2D eigenvalue weighted by molar-refractivity contribution is 5.95. The maximum absolute atomic E-state index is 12.8. The summed E-state index contributed by atoms with van der Waals surface area (Å²) in [5.74, 6) is -0.260. The van der Waals surface area contributed by atoms with E-state index in [-0.39, 0.29) is 17.2 Å². The average Bonchev–Trinajstić information content (AvgIpc) is 2.34. The first kappa shape index (κ1) is 15.3. The second-order valence-electron chi connectivity index (χ2n) is 4.61. The van der Waals surface area contributed by atoms with Gasteiger partial charge in [-0.1, -0.05) is 13.8 Å². The Kier molecular flexibility index (Phi) is 4.80. The molecule has 0 saturated heterocycles. The highest BCUT2D eigenvalue weighted by atomic mass is 19.4. The van der Waals surface area contributed by atoms with Gasteiger partial charge < -0.3 is 10.6 Å². The third-order valence-corrected chi connectivity index (χ3v) is 2.53. The summed E-state index contributed by atoms with van der Waals surface area (Å²) in [5, 5.41) is 5.05.